The van der Waals surface area contributed by atoms with Crippen LogP contribution >= 0.6 is 0 Å². The molecular formula is C13H24N2. The standard InChI is InChI=1S/C13H24N2/c1-13(2)7-11(13)8-14-12-9-15-5-3-10(12)4-6-15/h10-12,14H,3-9H2,1-2H3. The van der Waals surface area contributed by atoms with E-state index in [0.717, 1.165) is 17.9 Å². The summed E-state index contributed by atoms with van der Waals surface area (Å²) in [6, 6.07) is 0.809. The number of nitrogens with zero attached hydrogens (tertiary/aromatic N) is 1. The van der Waals surface area contributed by atoms with Crippen LogP contribution in [-0.2, 0) is 0 Å². The molecule has 0 aromatic heterocycles. The predicted molar refractivity (Wildman–Crippen MR) is 62.8 cm³/mol. The maximum Gasteiger partial charge on any atom is 0.0224 e. The van der Waals surface area contributed by atoms with Crippen LogP contribution in [0.2, 0.25) is 0 Å². The van der Waals surface area contributed by atoms with E-state index in [2.05, 4.69) is 24.1 Å². The van der Waals surface area contributed by atoms with E-state index in [1.165, 1.54) is 45.4 Å². The molecule has 2 unspecified atom stereocenters. The number of nitrogens with one attached hydrogen (secondary N) is 1. The van der Waals surface area contributed by atoms with Crippen molar-refractivity contribution >= 4 is 0 Å². The summed E-state index contributed by atoms with van der Waals surface area (Å²) in [6.07, 6.45) is 4.30. The first kappa shape index (κ1) is 10.1. The minimum absolute atomic E-state index is 0.640. The molecule has 4 rings (SSSR count). The van der Waals surface area contributed by atoms with Gasteiger partial charge in [-0.3, -0.25) is 0 Å². The Bertz CT molecular complexity index is 241. The first-order chi connectivity index (χ1) is 7.15. The Morgan fingerprint density at radius 2 is 1.93 bits per heavy atom. The van der Waals surface area contributed by atoms with E-state index < -0.39 is 0 Å². The van der Waals surface area contributed by atoms with Gasteiger partial charge in [0.15, 0.2) is 0 Å². The molecule has 2 atom stereocenters. The molecule has 86 valence electrons. The molecule has 0 amide bonds. The van der Waals surface area contributed by atoms with Crippen LogP contribution < -0.4 is 5.32 Å². The Balaban J connectivity index is 1.48. The lowest BCUT2D eigenvalue weighted by atomic mass is 9.84. The van der Waals surface area contributed by atoms with Crippen molar-refractivity contribution < 1.29 is 0 Å². The van der Waals surface area contributed by atoms with Crippen LogP contribution in [0.5, 0.6) is 0 Å². The van der Waals surface area contributed by atoms with Gasteiger partial charge in [-0.25, -0.2) is 0 Å². The average molecular weight is 208 g/mol. The maximum atomic E-state index is 3.83. The number of fused-ring (bicyclic) bond motifs is 3. The summed E-state index contributed by atoms with van der Waals surface area (Å²) >= 11 is 0. The van der Waals surface area contributed by atoms with Crippen LogP contribution in [-0.4, -0.2) is 37.1 Å². The van der Waals surface area contributed by atoms with Gasteiger partial charge in [0.1, 0.15) is 0 Å². The molecule has 2 bridgehead atoms. The van der Waals surface area contributed by atoms with E-state index >= 15 is 0 Å². The van der Waals surface area contributed by atoms with E-state index in [4.69, 9.17) is 0 Å². The van der Waals surface area contributed by atoms with Gasteiger partial charge in [0.25, 0.3) is 0 Å². The number of piperidine rings is 3. The molecule has 0 aromatic carbocycles. The van der Waals surface area contributed by atoms with E-state index in [1.54, 1.807) is 0 Å². The van der Waals surface area contributed by atoms with E-state index in [0.29, 0.717) is 5.41 Å². The SMILES string of the molecule is CC1(C)CC1CNC1CN2CCC1CC2. The molecule has 15 heavy (non-hydrogen) atoms. The van der Waals surface area contributed by atoms with Crippen LogP contribution in [0.25, 0.3) is 0 Å². The summed E-state index contributed by atoms with van der Waals surface area (Å²) in [7, 11) is 0. The monoisotopic (exact) mass is 208 g/mol. The fraction of sp³-hybridized carbons (Fsp3) is 1.00. The molecule has 3 aliphatic heterocycles. The molecule has 1 saturated carbocycles. The lowest BCUT2D eigenvalue weighted by Crippen LogP contribution is -2.56. The van der Waals surface area contributed by atoms with Gasteiger partial charge in [0, 0.05) is 12.6 Å². The zero-order chi connectivity index (χ0) is 10.5. The molecule has 3 heterocycles. The minimum Gasteiger partial charge on any atom is -0.312 e. The van der Waals surface area contributed by atoms with Gasteiger partial charge in [-0.2, -0.15) is 0 Å². The van der Waals surface area contributed by atoms with Crippen molar-refractivity contribution in [3.8, 4) is 0 Å². The summed E-state index contributed by atoms with van der Waals surface area (Å²) in [4.78, 5) is 2.63. The third-order valence-corrected chi connectivity index (χ3v) is 5.00. The zero-order valence-electron chi connectivity index (χ0n) is 10.1. The highest BCUT2D eigenvalue weighted by Gasteiger charge is 2.45. The summed E-state index contributed by atoms with van der Waals surface area (Å²) in [5.41, 5.74) is 0.640. The number of hydrogen-bond acceptors (Lipinski definition) is 2. The van der Waals surface area contributed by atoms with Crippen LogP contribution in [0.4, 0.5) is 0 Å². The quantitative estimate of drug-likeness (QED) is 0.759. The molecule has 2 heteroatoms. The summed E-state index contributed by atoms with van der Waals surface area (Å²) in [5, 5.41) is 3.83. The summed E-state index contributed by atoms with van der Waals surface area (Å²) < 4.78 is 0. The van der Waals surface area contributed by atoms with Gasteiger partial charge >= 0.3 is 0 Å². The summed E-state index contributed by atoms with van der Waals surface area (Å²) in [6.45, 7) is 10.1. The lowest BCUT2D eigenvalue weighted by molar-refractivity contribution is 0.0719. The van der Waals surface area contributed by atoms with E-state index in [-0.39, 0.29) is 0 Å². The van der Waals surface area contributed by atoms with Gasteiger partial charge in [-0.15, -0.1) is 0 Å². The fourth-order valence-electron chi connectivity index (χ4n) is 3.41. The van der Waals surface area contributed by atoms with Crippen molar-refractivity contribution in [2.45, 2.75) is 39.2 Å². The topological polar surface area (TPSA) is 15.3 Å². The Morgan fingerprint density at radius 3 is 2.40 bits per heavy atom. The van der Waals surface area contributed by atoms with Crippen molar-refractivity contribution in [3.05, 3.63) is 0 Å². The fourth-order valence-corrected chi connectivity index (χ4v) is 3.41. The van der Waals surface area contributed by atoms with Crippen molar-refractivity contribution in [2.75, 3.05) is 26.2 Å². The second-order valence-electron chi connectivity index (χ2n) is 6.54. The Hall–Kier alpha value is -0.0800. The van der Waals surface area contributed by atoms with Crippen LogP contribution in [0.1, 0.15) is 33.1 Å². The highest BCUT2D eigenvalue weighted by molar-refractivity contribution is 4.98. The second-order valence-corrected chi connectivity index (χ2v) is 6.54. The molecule has 0 aromatic rings. The molecular weight excluding hydrogens is 184 g/mol. The van der Waals surface area contributed by atoms with Crippen LogP contribution in [0.3, 0.4) is 0 Å². The molecule has 0 spiro atoms. The Labute approximate surface area is 93.4 Å². The zero-order valence-corrected chi connectivity index (χ0v) is 10.1. The largest absolute Gasteiger partial charge is 0.312 e. The van der Waals surface area contributed by atoms with Crippen LogP contribution in [0, 0.1) is 17.3 Å². The number of hydrogen-bond donors (Lipinski definition) is 1. The first-order valence-electron chi connectivity index (χ1n) is 6.61. The Morgan fingerprint density at radius 1 is 1.27 bits per heavy atom. The Kier molecular flexibility index (Phi) is 2.33. The first-order valence-corrected chi connectivity index (χ1v) is 6.61. The minimum atomic E-state index is 0.640. The molecule has 0 radical (unpaired) electrons. The maximum absolute atomic E-state index is 3.83. The van der Waals surface area contributed by atoms with Crippen molar-refractivity contribution in [2.24, 2.45) is 17.3 Å². The second kappa shape index (κ2) is 3.46. The molecule has 4 fully saturated rings. The van der Waals surface area contributed by atoms with Gasteiger partial charge in [0.2, 0.25) is 0 Å². The third-order valence-electron chi connectivity index (χ3n) is 5.00. The molecule has 1 N–H and O–H groups in total. The van der Waals surface area contributed by atoms with Crippen molar-refractivity contribution in [1.82, 2.24) is 10.2 Å². The smallest absolute Gasteiger partial charge is 0.0224 e. The molecule has 2 nitrogen and oxygen atoms in total. The third kappa shape index (κ3) is 1.94. The highest BCUT2D eigenvalue weighted by atomic mass is 15.2. The molecule has 1 aliphatic carbocycles. The van der Waals surface area contributed by atoms with Crippen molar-refractivity contribution in [1.29, 1.82) is 0 Å². The normalized spacial score (nSPS) is 46.8. The van der Waals surface area contributed by atoms with Gasteiger partial charge in [-0.1, -0.05) is 13.8 Å². The average Bonchev–Trinajstić information content (AvgIpc) is 2.85. The summed E-state index contributed by atoms with van der Waals surface area (Å²) in [5.74, 6) is 1.94. The van der Waals surface area contributed by atoms with Gasteiger partial charge < -0.3 is 10.2 Å². The van der Waals surface area contributed by atoms with E-state index in [1.807, 2.05) is 0 Å². The number of rotatable bonds is 3. The highest BCUT2D eigenvalue weighted by Crippen LogP contribution is 2.51. The predicted octanol–water partition coefficient (Wildman–Crippen LogP) is 1.72. The molecule has 4 aliphatic rings. The van der Waals surface area contributed by atoms with Gasteiger partial charge in [0.05, 0.1) is 0 Å². The van der Waals surface area contributed by atoms with Crippen LogP contribution in [0.15, 0.2) is 0 Å². The van der Waals surface area contributed by atoms with E-state index in [9.17, 15) is 0 Å². The van der Waals surface area contributed by atoms with Gasteiger partial charge in [-0.05, 0) is 56.1 Å². The lowest BCUT2D eigenvalue weighted by Gasteiger charge is -2.45. The molecule has 3 saturated heterocycles. The van der Waals surface area contributed by atoms with Crippen molar-refractivity contribution in [3.63, 3.8) is 0 Å².